The van der Waals surface area contributed by atoms with Crippen LogP contribution in [-0.4, -0.2) is 24.3 Å². The first kappa shape index (κ1) is 12.0. The fourth-order valence-corrected chi connectivity index (χ4v) is 1.94. The van der Waals surface area contributed by atoms with E-state index in [1.54, 1.807) is 6.07 Å². The molecule has 1 fully saturated rings. The quantitative estimate of drug-likeness (QED) is 0.802. The molecule has 0 radical (unpaired) electrons. The molecule has 3 nitrogen and oxygen atoms in total. The van der Waals surface area contributed by atoms with Crippen molar-refractivity contribution in [1.29, 1.82) is 0 Å². The van der Waals surface area contributed by atoms with Crippen molar-refractivity contribution in [3.63, 3.8) is 0 Å². The van der Waals surface area contributed by atoms with Crippen LogP contribution in [0.5, 0.6) is 0 Å². The van der Waals surface area contributed by atoms with Crippen molar-refractivity contribution >= 4 is 15.9 Å². The molecule has 1 aromatic heterocycles. The van der Waals surface area contributed by atoms with Gasteiger partial charge in [0, 0.05) is 13.2 Å². The van der Waals surface area contributed by atoms with Gasteiger partial charge in [0.25, 0.3) is 0 Å². The van der Waals surface area contributed by atoms with Gasteiger partial charge in [-0.1, -0.05) is 0 Å². The number of halogens is 2. The summed E-state index contributed by atoms with van der Waals surface area (Å²) < 4.78 is 24.8. The molecule has 1 aliphatic heterocycles. The van der Waals surface area contributed by atoms with E-state index in [4.69, 9.17) is 9.47 Å². The topological polar surface area (TPSA) is 31.4 Å². The van der Waals surface area contributed by atoms with Gasteiger partial charge in [-0.15, -0.1) is 0 Å². The van der Waals surface area contributed by atoms with Crippen LogP contribution in [0.3, 0.4) is 0 Å². The predicted molar refractivity (Wildman–Crippen MR) is 60.5 cm³/mol. The van der Waals surface area contributed by atoms with Crippen LogP contribution in [-0.2, 0) is 16.1 Å². The van der Waals surface area contributed by atoms with Crippen molar-refractivity contribution in [2.24, 2.45) is 0 Å². The minimum absolute atomic E-state index is 0.161. The minimum atomic E-state index is -0.324. The normalized spacial score (nSPS) is 17.6. The number of hydrogen-bond acceptors (Lipinski definition) is 3. The highest BCUT2D eigenvalue weighted by Crippen LogP contribution is 2.16. The summed E-state index contributed by atoms with van der Waals surface area (Å²) in [5.74, 6) is -0.324. The van der Waals surface area contributed by atoms with E-state index >= 15 is 0 Å². The van der Waals surface area contributed by atoms with Crippen LogP contribution in [0.4, 0.5) is 4.39 Å². The third-order valence-electron chi connectivity index (χ3n) is 2.51. The molecule has 0 saturated carbocycles. The largest absolute Gasteiger partial charge is 0.381 e. The van der Waals surface area contributed by atoms with Crippen molar-refractivity contribution in [3.05, 3.63) is 28.2 Å². The van der Waals surface area contributed by atoms with Gasteiger partial charge in [-0.3, -0.25) is 0 Å². The highest BCUT2D eigenvalue weighted by molar-refractivity contribution is 9.10. The van der Waals surface area contributed by atoms with Crippen LogP contribution < -0.4 is 0 Å². The Bertz CT molecular complexity index is 356. The summed E-state index contributed by atoms with van der Waals surface area (Å²) in [6.45, 7) is 1.66. The molecule has 0 atom stereocenters. The molecule has 0 aromatic carbocycles. The number of rotatable bonds is 3. The van der Waals surface area contributed by atoms with E-state index in [2.05, 4.69) is 20.9 Å². The lowest BCUT2D eigenvalue weighted by atomic mass is 10.1. The van der Waals surface area contributed by atoms with E-state index < -0.39 is 0 Å². The summed E-state index contributed by atoms with van der Waals surface area (Å²) in [6.07, 6.45) is 1.90. The average Bonchev–Trinajstić information content (AvgIpc) is 2.32. The van der Waals surface area contributed by atoms with E-state index in [0.717, 1.165) is 26.1 Å². The lowest BCUT2D eigenvalue weighted by Gasteiger charge is -2.22. The Morgan fingerprint density at radius 1 is 1.44 bits per heavy atom. The van der Waals surface area contributed by atoms with E-state index in [1.807, 2.05) is 0 Å². The number of hydrogen-bond donors (Lipinski definition) is 0. The minimum Gasteiger partial charge on any atom is -0.381 e. The Morgan fingerprint density at radius 3 is 2.94 bits per heavy atom. The molecule has 88 valence electrons. The van der Waals surface area contributed by atoms with Gasteiger partial charge in [-0.2, -0.15) is 0 Å². The third kappa shape index (κ3) is 3.23. The Kier molecular flexibility index (Phi) is 4.26. The molecule has 5 heteroatoms. The second-order valence-corrected chi connectivity index (χ2v) is 4.50. The van der Waals surface area contributed by atoms with Crippen molar-refractivity contribution < 1.29 is 13.9 Å². The van der Waals surface area contributed by atoms with Crippen LogP contribution >= 0.6 is 15.9 Å². The molecule has 0 unspecified atom stereocenters. The molecular formula is C11H13BrFNO2. The van der Waals surface area contributed by atoms with E-state index in [-0.39, 0.29) is 18.5 Å². The first-order chi connectivity index (χ1) is 7.75. The highest BCUT2D eigenvalue weighted by atomic mass is 79.9. The van der Waals surface area contributed by atoms with Gasteiger partial charge in [-0.05, 0) is 40.9 Å². The summed E-state index contributed by atoms with van der Waals surface area (Å²) in [7, 11) is 0. The van der Waals surface area contributed by atoms with Crippen molar-refractivity contribution in [2.45, 2.75) is 25.6 Å². The lowest BCUT2D eigenvalue weighted by molar-refractivity contribution is -0.0406. The molecule has 1 aliphatic rings. The van der Waals surface area contributed by atoms with Crippen LogP contribution in [0.2, 0.25) is 0 Å². The molecule has 2 rings (SSSR count). The molecule has 0 aliphatic carbocycles. The zero-order valence-corrected chi connectivity index (χ0v) is 10.4. The Morgan fingerprint density at radius 2 is 2.19 bits per heavy atom. The van der Waals surface area contributed by atoms with Gasteiger partial charge in [0.1, 0.15) is 16.1 Å². The number of ether oxygens (including phenoxy) is 2. The zero-order chi connectivity index (χ0) is 11.4. The van der Waals surface area contributed by atoms with Crippen LogP contribution in [0, 0.1) is 5.82 Å². The number of pyridine rings is 1. The molecule has 2 heterocycles. The lowest BCUT2D eigenvalue weighted by Crippen LogP contribution is -2.23. The SMILES string of the molecule is Fc1ccc(Br)nc1COC1CCOCC1. The molecule has 0 spiro atoms. The maximum Gasteiger partial charge on any atom is 0.147 e. The van der Waals surface area contributed by atoms with E-state index in [9.17, 15) is 4.39 Å². The fourth-order valence-electron chi connectivity index (χ4n) is 1.60. The first-order valence-electron chi connectivity index (χ1n) is 5.26. The van der Waals surface area contributed by atoms with Gasteiger partial charge in [0.2, 0.25) is 0 Å². The van der Waals surface area contributed by atoms with Gasteiger partial charge < -0.3 is 9.47 Å². The summed E-state index contributed by atoms with van der Waals surface area (Å²) in [4.78, 5) is 4.04. The van der Waals surface area contributed by atoms with E-state index in [1.165, 1.54) is 6.07 Å². The monoisotopic (exact) mass is 289 g/mol. The Balaban J connectivity index is 1.90. The maximum absolute atomic E-state index is 13.3. The van der Waals surface area contributed by atoms with Crippen LogP contribution in [0.1, 0.15) is 18.5 Å². The molecule has 1 saturated heterocycles. The molecule has 16 heavy (non-hydrogen) atoms. The number of nitrogens with zero attached hydrogens (tertiary/aromatic N) is 1. The summed E-state index contributed by atoms with van der Waals surface area (Å²) in [6, 6.07) is 2.97. The molecule has 0 bridgehead atoms. The molecular weight excluding hydrogens is 277 g/mol. The fraction of sp³-hybridized carbons (Fsp3) is 0.545. The van der Waals surface area contributed by atoms with Gasteiger partial charge in [-0.25, -0.2) is 9.37 Å². The van der Waals surface area contributed by atoms with Crippen molar-refractivity contribution in [1.82, 2.24) is 4.98 Å². The number of aromatic nitrogens is 1. The van der Waals surface area contributed by atoms with Crippen LogP contribution in [0.25, 0.3) is 0 Å². The smallest absolute Gasteiger partial charge is 0.147 e. The van der Waals surface area contributed by atoms with Gasteiger partial charge >= 0.3 is 0 Å². The van der Waals surface area contributed by atoms with Crippen molar-refractivity contribution in [3.8, 4) is 0 Å². The Labute approximate surface area is 102 Å². The van der Waals surface area contributed by atoms with Gasteiger partial charge in [0.05, 0.1) is 12.7 Å². The molecule has 0 amide bonds. The second-order valence-electron chi connectivity index (χ2n) is 3.69. The zero-order valence-electron chi connectivity index (χ0n) is 8.79. The summed E-state index contributed by atoms with van der Waals surface area (Å²) >= 11 is 3.21. The molecule has 0 N–H and O–H groups in total. The standard InChI is InChI=1S/C11H13BrFNO2/c12-11-2-1-9(13)10(14-11)7-16-8-3-5-15-6-4-8/h1-2,8H,3-7H2. The predicted octanol–water partition coefficient (Wildman–Crippen LogP) is 2.68. The van der Waals surface area contributed by atoms with Crippen molar-refractivity contribution in [2.75, 3.05) is 13.2 Å². The van der Waals surface area contributed by atoms with Gasteiger partial charge in [0.15, 0.2) is 0 Å². The maximum atomic E-state index is 13.3. The second kappa shape index (κ2) is 5.70. The van der Waals surface area contributed by atoms with E-state index in [0.29, 0.717) is 10.3 Å². The highest BCUT2D eigenvalue weighted by Gasteiger charge is 2.15. The third-order valence-corrected chi connectivity index (χ3v) is 2.95. The molecule has 1 aromatic rings. The summed E-state index contributed by atoms with van der Waals surface area (Å²) in [5, 5.41) is 0. The average molecular weight is 290 g/mol. The van der Waals surface area contributed by atoms with Crippen LogP contribution in [0.15, 0.2) is 16.7 Å². The Hall–Kier alpha value is -0.520. The first-order valence-corrected chi connectivity index (χ1v) is 6.05. The summed E-state index contributed by atoms with van der Waals surface area (Å²) in [5.41, 5.74) is 0.348.